The summed E-state index contributed by atoms with van der Waals surface area (Å²) in [6.07, 6.45) is 1.82. The molecule has 2 rings (SSSR count). The summed E-state index contributed by atoms with van der Waals surface area (Å²) in [5, 5.41) is 2.80. The fraction of sp³-hybridized carbons (Fsp3) is 0.526. The molecule has 3 amide bonds. The van der Waals surface area contributed by atoms with E-state index in [0.717, 1.165) is 12.8 Å². The quantitative estimate of drug-likeness (QED) is 0.822. The fourth-order valence-electron chi connectivity index (χ4n) is 2.71. The molecule has 1 aliphatic rings. The largest absolute Gasteiger partial charge is 0.352 e. The third-order valence-electron chi connectivity index (χ3n) is 4.21. The highest BCUT2D eigenvalue weighted by atomic mass is 16.2. The van der Waals surface area contributed by atoms with E-state index in [1.807, 2.05) is 26.8 Å². The van der Waals surface area contributed by atoms with Crippen molar-refractivity contribution in [2.75, 3.05) is 25.0 Å². The molecule has 1 saturated carbocycles. The Kier molecular flexibility index (Phi) is 6.17. The number of anilines is 1. The number of para-hydroxylation sites is 1. The number of hydrogen-bond acceptors (Lipinski definition) is 3. The van der Waals surface area contributed by atoms with Crippen LogP contribution in [-0.2, 0) is 9.59 Å². The zero-order chi connectivity index (χ0) is 18.6. The van der Waals surface area contributed by atoms with Crippen LogP contribution in [0.15, 0.2) is 24.3 Å². The van der Waals surface area contributed by atoms with E-state index >= 15 is 0 Å². The molecule has 0 spiro atoms. The molecule has 0 aromatic heterocycles. The van der Waals surface area contributed by atoms with Gasteiger partial charge in [0, 0.05) is 25.6 Å². The lowest BCUT2D eigenvalue weighted by atomic mass is 10.1. The second-order valence-electron chi connectivity index (χ2n) is 6.73. The summed E-state index contributed by atoms with van der Waals surface area (Å²) in [6, 6.07) is 7.09. The number of benzene rings is 1. The van der Waals surface area contributed by atoms with Gasteiger partial charge < -0.3 is 15.1 Å². The standard InChI is InChI=1S/C19H27N3O3/c1-5-22(12-17(23)20-13(2)3)19(25)15-8-6-7-9-16(15)21(4)18(24)14-10-11-14/h6-9,13-14H,5,10-12H2,1-4H3,(H,20,23). The van der Waals surface area contributed by atoms with Gasteiger partial charge in [0.25, 0.3) is 5.91 Å². The smallest absolute Gasteiger partial charge is 0.256 e. The molecule has 25 heavy (non-hydrogen) atoms. The average Bonchev–Trinajstić information content (AvgIpc) is 3.42. The van der Waals surface area contributed by atoms with Crippen LogP contribution in [-0.4, -0.2) is 48.8 Å². The monoisotopic (exact) mass is 345 g/mol. The van der Waals surface area contributed by atoms with Crippen LogP contribution in [0.1, 0.15) is 44.0 Å². The number of rotatable bonds is 7. The van der Waals surface area contributed by atoms with Gasteiger partial charge in [0.05, 0.1) is 17.8 Å². The van der Waals surface area contributed by atoms with Gasteiger partial charge in [-0.15, -0.1) is 0 Å². The molecule has 0 unspecified atom stereocenters. The molecule has 0 saturated heterocycles. The minimum absolute atomic E-state index is 0.00212. The summed E-state index contributed by atoms with van der Waals surface area (Å²) >= 11 is 0. The molecule has 0 bridgehead atoms. The van der Waals surface area contributed by atoms with Crippen molar-refractivity contribution in [3.63, 3.8) is 0 Å². The number of nitrogens with one attached hydrogen (secondary N) is 1. The summed E-state index contributed by atoms with van der Waals surface area (Å²) in [5.41, 5.74) is 1.03. The van der Waals surface area contributed by atoms with Crippen LogP contribution in [0.2, 0.25) is 0 Å². The average molecular weight is 345 g/mol. The van der Waals surface area contributed by atoms with Crippen LogP contribution in [0.25, 0.3) is 0 Å². The van der Waals surface area contributed by atoms with Crippen molar-refractivity contribution in [1.82, 2.24) is 10.2 Å². The first-order valence-electron chi connectivity index (χ1n) is 8.80. The van der Waals surface area contributed by atoms with Crippen molar-refractivity contribution in [3.05, 3.63) is 29.8 Å². The molecular weight excluding hydrogens is 318 g/mol. The van der Waals surface area contributed by atoms with Crippen LogP contribution in [0.4, 0.5) is 5.69 Å². The normalized spacial score (nSPS) is 13.5. The zero-order valence-electron chi connectivity index (χ0n) is 15.4. The second-order valence-corrected chi connectivity index (χ2v) is 6.73. The maximum atomic E-state index is 12.9. The molecule has 1 aliphatic carbocycles. The van der Waals surface area contributed by atoms with E-state index < -0.39 is 0 Å². The van der Waals surface area contributed by atoms with Gasteiger partial charge in [-0.05, 0) is 45.7 Å². The number of nitrogens with zero attached hydrogens (tertiary/aromatic N) is 2. The van der Waals surface area contributed by atoms with Gasteiger partial charge in [-0.1, -0.05) is 12.1 Å². The fourth-order valence-corrected chi connectivity index (χ4v) is 2.71. The van der Waals surface area contributed by atoms with Gasteiger partial charge in [-0.25, -0.2) is 0 Å². The van der Waals surface area contributed by atoms with Gasteiger partial charge in [0.15, 0.2) is 0 Å². The predicted octanol–water partition coefficient (Wildman–Crippen LogP) is 2.05. The van der Waals surface area contributed by atoms with E-state index in [1.54, 1.807) is 30.1 Å². The highest BCUT2D eigenvalue weighted by Gasteiger charge is 2.34. The van der Waals surface area contributed by atoms with E-state index in [2.05, 4.69) is 5.32 Å². The first-order chi connectivity index (χ1) is 11.8. The van der Waals surface area contributed by atoms with E-state index in [1.165, 1.54) is 4.90 Å². The van der Waals surface area contributed by atoms with Crippen molar-refractivity contribution in [2.24, 2.45) is 5.92 Å². The molecule has 0 atom stereocenters. The van der Waals surface area contributed by atoms with Crippen molar-refractivity contribution >= 4 is 23.4 Å². The molecule has 136 valence electrons. The third-order valence-corrected chi connectivity index (χ3v) is 4.21. The summed E-state index contributed by atoms with van der Waals surface area (Å²) < 4.78 is 0. The highest BCUT2D eigenvalue weighted by Crippen LogP contribution is 2.33. The zero-order valence-corrected chi connectivity index (χ0v) is 15.4. The van der Waals surface area contributed by atoms with Crippen LogP contribution in [0.5, 0.6) is 0 Å². The Morgan fingerprint density at radius 1 is 1.20 bits per heavy atom. The Hall–Kier alpha value is -2.37. The maximum absolute atomic E-state index is 12.9. The lowest BCUT2D eigenvalue weighted by Gasteiger charge is -2.25. The Labute approximate surface area is 149 Å². The van der Waals surface area contributed by atoms with Crippen molar-refractivity contribution in [2.45, 2.75) is 39.7 Å². The Bertz CT molecular complexity index is 653. The summed E-state index contributed by atoms with van der Waals surface area (Å²) in [6.45, 7) is 6.01. The van der Waals surface area contributed by atoms with Crippen LogP contribution >= 0.6 is 0 Å². The molecule has 6 heteroatoms. The van der Waals surface area contributed by atoms with Gasteiger partial charge >= 0.3 is 0 Å². The van der Waals surface area contributed by atoms with E-state index in [0.29, 0.717) is 17.8 Å². The van der Waals surface area contributed by atoms with E-state index in [9.17, 15) is 14.4 Å². The molecule has 0 heterocycles. The first kappa shape index (κ1) is 19.0. The predicted molar refractivity (Wildman–Crippen MR) is 97.4 cm³/mol. The van der Waals surface area contributed by atoms with Crippen LogP contribution < -0.4 is 10.2 Å². The number of hydrogen-bond donors (Lipinski definition) is 1. The summed E-state index contributed by atoms with van der Waals surface area (Å²) in [4.78, 5) is 40.4. The minimum Gasteiger partial charge on any atom is -0.352 e. The van der Waals surface area contributed by atoms with Gasteiger partial charge in [0.2, 0.25) is 11.8 Å². The SMILES string of the molecule is CCN(CC(=O)NC(C)C)C(=O)c1ccccc1N(C)C(=O)C1CC1. The summed E-state index contributed by atoms with van der Waals surface area (Å²) in [5.74, 6) is -0.314. The number of amides is 3. The second kappa shape index (κ2) is 8.14. The van der Waals surface area contributed by atoms with Crippen molar-refractivity contribution in [3.8, 4) is 0 Å². The third kappa shape index (κ3) is 4.81. The first-order valence-corrected chi connectivity index (χ1v) is 8.80. The van der Waals surface area contributed by atoms with Crippen molar-refractivity contribution < 1.29 is 14.4 Å². The highest BCUT2D eigenvalue weighted by molar-refractivity contribution is 6.06. The van der Waals surface area contributed by atoms with Crippen molar-refractivity contribution in [1.29, 1.82) is 0 Å². The van der Waals surface area contributed by atoms with Crippen LogP contribution in [0.3, 0.4) is 0 Å². The Morgan fingerprint density at radius 2 is 1.84 bits per heavy atom. The minimum atomic E-state index is -0.243. The topological polar surface area (TPSA) is 69.7 Å². The Balaban J connectivity index is 2.19. The maximum Gasteiger partial charge on any atom is 0.256 e. The molecule has 1 aromatic rings. The molecule has 1 fully saturated rings. The van der Waals surface area contributed by atoms with Gasteiger partial charge in [-0.2, -0.15) is 0 Å². The van der Waals surface area contributed by atoms with E-state index in [-0.39, 0.29) is 36.2 Å². The lowest BCUT2D eigenvalue weighted by Crippen LogP contribution is -2.43. The summed E-state index contributed by atoms with van der Waals surface area (Å²) in [7, 11) is 1.70. The number of carbonyl (C=O) groups is 3. The number of likely N-dealkylation sites (N-methyl/N-ethyl adjacent to an activating group) is 1. The van der Waals surface area contributed by atoms with Crippen LogP contribution in [0, 0.1) is 5.92 Å². The number of carbonyl (C=O) groups excluding carboxylic acids is 3. The molecule has 1 aromatic carbocycles. The molecule has 1 N–H and O–H groups in total. The molecule has 6 nitrogen and oxygen atoms in total. The van der Waals surface area contributed by atoms with Gasteiger partial charge in [-0.3, -0.25) is 14.4 Å². The Morgan fingerprint density at radius 3 is 2.40 bits per heavy atom. The molecule has 0 aliphatic heterocycles. The lowest BCUT2D eigenvalue weighted by molar-refractivity contribution is -0.122. The van der Waals surface area contributed by atoms with Gasteiger partial charge in [0.1, 0.15) is 0 Å². The molecular formula is C19H27N3O3. The molecule has 0 radical (unpaired) electrons. The van der Waals surface area contributed by atoms with E-state index in [4.69, 9.17) is 0 Å².